The number of hydrogen-bond acceptors (Lipinski definition) is 6. The maximum atomic E-state index is 10.9. The van der Waals surface area contributed by atoms with Crippen molar-refractivity contribution in [3.63, 3.8) is 0 Å². The van der Waals surface area contributed by atoms with E-state index in [9.17, 15) is 10.1 Å². The quantitative estimate of drug-likeness (QED) is 0.456. The van der Waals surface area contributed by atoms with E-state index in [0.29, 0.717) is 12.5 Å². The monoisotopic (exact) mass is 254 g/mol. The van der Waals surface area contributed by atoms with Crippen molar-refractivity contribution in [2.45, 2.75) is 26.7 Å². The Labute approximate surface area is 106 Å². The van der Waals surface area contributed by atoms with E-state index in [-0.39, 0.29) is 17.4 Å². The summed E-state index contributed by atoms with van der Waals surface area (Å²) in [6, 6.07) is 0. The third-order valence-corrected chi connectivity index (χ3v) is 2.37. The molecule has 1 rings (SSSR count). The second kappa shape index (κ2) is 6.73. The molecule has 1 aromatic heterocycles. The van der Waals surface area contributed by atoms with E-state index in [4.69, 9.17) is 4.74 Å². The minimum Gasteiger partial charge on any atom is -0.473 e. The number of aromatic nitrogens is 2. The van der Waals surface area contributed by atoms with Gasteiger partial charge in [0.1, 0.15) is 6.33 Å². The summed E-state index contributed by atoms with van der Waals surface area (Å²) in [5.74, 6) is 0.763. The average Bonchev–Trinajstić information content (AvgIpc) is 2.33. The molecule has 0 fully saturated rings. The molecule has 0 bridgehead atoms. The Bertz CT molecular complexity index is 409. The first-order valence-electron chi connectivity index (χ1n) is 5.86. The van der Waals surface area contributed by atoms with Gasteiger partial charge < -0.3 is 10.1 Å². The Morgan fingerprint density at radius 3 is 2.78 bits per heavy atom. The summed E-state index contributed by atoms with van der Waals surface area (Å²) >= 11 is 0. The predicted octanol–water partition coefficient (Wildman–Crippen LogP) is 2.24. The Morgan fingerprint density at radius 1 is 1.50 bits per heavy atom. The predicted molar refractivity (Wildman–Crippen MR) is 67.8 cm³/mol. The van der Waals surface area contributed by atoms with Crippen molar-refractivity contribution in [1.82, 2.24) is 9.97 Å². The van der Waals surface area contributed by atoms with Crippen LogP contribution in [0.25, 0.3) is 0 Å². The van der Waals surface area contributed by atoms with Crippen molar-refractivity contribution >= 4 is 11.5 Å². The van der Waals surface area contributed by atoms with Gasteiger partial charge in [0, 0.05) is 7.05 Å². The molecule has 0 aliphatic heterocycles. The highest BCUT2D eigenvalue weighted by atomic mass is 16.6. The van der Waals surface area contributed by atoms with Crippen LogP contribution in [0.2, 0.25) is 0 Å². The molecule has 0 aliphatic rings. The van der Waals surface area contributed by atoms with Crippen molar-refractivity contribution in [2.24, 2.45) is 5.92 Å². The SMILES string of the molecule is CNc1ncnc(OCCCC(C)C)c1[N+](=O)[O-]. The normalized spacial score (nSPS) is 10.4. The lowest BCUT2D eigenvalue weighted by Crippen LogP contribution is -2.07. The molecule has 0 atom stereocenters. The second-order valence-electron chi connectivity index (χ2n) is 4.27. The molecule has 0 aromatic carbocycles. The minimum absolute atomic E-state index is 0.0168. The fourth-order valence-corrected chi connectivity index (χ4v) is 1.48. The number of nitro groups is 1. The van der Waals surface area contributed by atoms with Crippen LogP contribution in [-0.2, 0) is 0 Å². The first kappa shape index (κ1) is 14.1. The van der Waals surface area contributed by atoms with Crippen LogP contribution in [0.5, 0.6) is 5.88 Å². The van der Waals surface area contributed by atoms with Crippen molar-refractivity contribution in [1.29, 1.82) is 0 Å². The Balaban J connectivity index is 2.72. The van der Waals surface area contributed by atoms with Gasteiger partial charge in [0.2, 0.25) is 5.82 Å². The van der Waals surface area contributed by atoms with Crippen molar-refractivity contribution in [3.8, 4) is 5.88 Å². The van der Waals surface area contributed by atoms with E-state index in [1.807, 2.05) is 0 Å². The molecule has 0 spiro atoms. The molecule has 0 saturated carbocycles. The standard InChI is InChI=1S/C11H18N4O3/c1-8(2)5-4-6-18-11-9(15(16)17)10(12-3)13-7-14-11/h7-8H,4-6H2,1-3H3,(H,12,13,14). The number of anilines is 1. The molecule has 0 radical (unpaired) electrons. The van der Waals surface area contributed by atoms with E-state index in [1.54, 1.807) is 7.05 Å². The molecule has 7 heteroatoms. The summed E-state index contributed by atoms with van der Waals surface area (Å²) in [4.78, 5) is 18.0. The van der Waals surface area contributed by atoms with Crippen LogP contribution < -0.4 is 10.1 Å². The summed E-state index contributed by atoms with van der Waals surface area (Å²) in [5.41, 5.74) is -0.218. The molecule has 0 amide bonds. The molecule has 0 saturated heterocycles. The number of rotatable bonds is 7. The number of ether oxygens (including phenoxy) is 1. The van der Waals surface area contributed by atoms with Crippen LogP contribution in [0.4, 0.5) is 11.5 Å². The molecule has 1 aromatic rings. The molecule has 18 heavy (non-hydrogen) atoms. The molecule has 0 unspecified atom stereocenters. The zero-order chi connectivity index (χ0) is 13.5. The number of nitrogens with zero attached hydrogens (tertiary/aromatic N) is 3. The highest BCUT2D eigenvalue weighted by Gasteiger charge is 2.23. The zero-order valence-corrected chi connectivity index (χ0v) is 10.8. The van der Waals surface area contributed by atoms with E-state index >= 15 is 0 Å². The van der Waals surface area contributed by atoms with Crippen LogP contribution in [0, 0.1) is 16.0 Å². The summed E-state index contributed by atoms with van der Waals surface area (Å²) in [6.45, 7) is 4.65. The molecule has 1 heterocycles. The van der Waals surface area contributed by atoms with Gasteiger partial charge in [-0.2, -0.15) is 4.98 Å². The highest BCUT2D eigenvalue weighted by molar-refractivity contribution is 5.60. The smallest absolute Gasteiger partial charge is 0.372 e. The van der Waals surface area contributed by atoms with Crippen molar-refractivity contribution in [2.75, 3.05) is 19.0 Å². The van der Waals surface area contributed by atoms with Gasteiger partial charge in [-0.15, -0.1) is 0 Å². The van der Waals surface area contributed by atoms with E-state index < -0.39 is 4.92 Å². The minimum atomic E-state index is -0.538. The topological polar surface area (TPSA) is 90.2 Å². The summed E-state index contributed by atoms with van der Waals surface area (Å²) in [6.07, 6.45) is 3.10. The summed E-state index contributed by atoms with van der Waals surface area (Å²) in [5, 5.41) is 13.6. The lowest BCUT2D eigenvalue weighted by Gasteiger charge is -2.08. The maximum Gasteiger partial charge on any atom is 0.372 e. The van der Waals surface area contributed by atoms with Gasteiger partial charge >= 0.3 is 5.69 Å². The second-order valence-corrected chi connectivity index (χ2v) is 4.27. The maximum absolute atomic E-state index is 10.9. The fourth-order valence-electron chi connectivity index (χ4n) is 1.48. The summed E-state index contributed by atoms with van der Waals surface area (Å²) < 4.78 is 5.36. The van der Waals surface area contributed by atoms with Gasteiger partial charge in [0.15, 0.2) is 0 Å². The lowest BCUT2D eigenvalue weighted by molar-refractivity contribution is -0.385. The Morgan fingerprint density at radius 2 is 2.22 bits per heavy atom. The summed E-state index contributed by atoms with van der Waals surface area (Å²) in [7, 11) is 1.57. The molecule has 100 valence electrons. The third-order valence-electron chi connectivity index (χ3n) is 2.37. The van der Waals surface area contributed by atoms with Gasteiger partial charge in [-0.1, -0.05) is 13.8 Å². The van der Waals surface area contributed by atoms with Gasteiger partial charge in [-0.25, -0.2) is 4.98 Å². The van der Waals surface area contributed by atoms with Crippen LogP contribution >= 0.6 is 0 Å². The van der Waals surface area contributed by atoms with Gasteiger partial charge in [-0.05, 0) is 18.8 Å². The number of hydrogen-bond donors (Lipinski definition) is 1. The number of nitrogens with one attached hydrogen (secondary N) is 1. The van der Waals surface area contributed by atoms with Gasteiger partial charge in [-0.3, -0.25) is 10.1 Å². The first-order chi connectivity index (χ1) is 8.56. The van der Waals surface area contributed by atoms with Gasteiger partial charge in [0.25, 0.3) is 5.88 Å². The van der Waals surface area contributed by atoms with Gasteiger partial charge in [0.05, 0.1) is 11.5 Å². The largest absolute Gasteiger partial charge is 0.473 e. The Kier molecular flexibility index (Phi) is 5.29. The lowest BCUT2D eigenvalue weighted by atomic mass is 10.1. The Hall–Kier alpha value is -1.92. The molecular formula is C11H18N4O3. The molecule has 1 N–H and O–H groups in total. The fraction of sp³-hybridized carbons (Fsp3) is 0.636. The highest BCUT2D eigenvalue weighted by Crippen LogP contribution is 2.30. The third kappa shape index (κ3) is 3.83. The van der Waals surface area contributed by atoms with Crippen LogP contribution in [0.1, 0.15) is 26.7 Å². The van der Waals surface area contributed by atoms with Crippen molar-refractivity contribution in [3.05, 3.63) is 16.4 Å². The molecule has 7 nitrogen and oxygen atoms in total. The van der Waals surface area contributed by atoms with Crippen LogP contribution in [0.15, 0.2) is 6.33 Å². The first-order valence-corrected chi connectivity index (χ1v) is 5.86. The molecule has 0 aliphatic carbocycles. The van der Waals surface area contributed by atoms with E-state index in [0.717, 1.165) is 12.8 Å². The average molecular weight is 254 g/mol. The zero-order valence-electron chi connectivity index (χ0n) is 10.8. The van der Waals surface area contributed by atoms with E-state index in [1.165, 1.54) is 6.33 Å². The van der Waals surface area contributed by atoms with Crippen molar-refractivity contribution < 1.29 is 9.66 Å². The van der Waals surface area contributed by atoms with Crippen LogP contribution in [-0.4, -0.2) is 28.5 Å². The van der Waals surface area contributed by atoms with Crippen LogP contribution in [0.3, 0.4) is 0 Å². The van der Waals surface area contributed by atoms with E-state index in [2.05, 4.69) is 29.1 Å². The molecular weight excluding hydrogens is 236 g/mol.